The van der Waals surface area contributed by atoms with Crippen LogP contribution in [0.5, 0.6) is 0 Å². The van der Waals surface area contributed by atoms with Crippen molar-refractivity contribution in [2.24, 2.45) is 0 Å². The lowest BCUT2D eigenvalue weighted by Crippen LogP contribution is -2.47. The summed E-state index contributed by atoms with van der Waals surface area (Å²) >= 11 is 0. The van der Waals surface area contributed by atoms with Crippen LogP contribution in [0.3, 0.4) is 0 Å². The van der Waals surface area contributed by atoms with Gasteiger partial charge in [-0.1, -0.05) is 12.1 Å². The van der Waals surface area contributed by atoms with Crippen molar-refractivity contribution in [1.82, 2.24) is 9.62 Å². The molecular weight excluding hydrogens is 286 g/mol. The van der Waals surface area contributed by atoms with Gasteiger partial charge in [-0.05, 0) is 50.9 Å². The van der Waals surface area contributed by atoms with Gasteiger partial charge in [0.25, 0.3) is 0 Å². The van der Waals surface area contributed by atoms with Crippen LogP contribution in [0, 0.1) is 11.3 Å². The maximum Gasteiger partial charge on any atom is 0.242 e. The van der Waals surface area contributed by atoms with Gasteiger partial charge in [-0.15, -0.1) is 0 Å². The number of nitrogens with zero attached hydrogens (tertiary/aromatic N) is 2. The van der Waals surface area contributed by atoms with E-state index in [0.29, 0.717) is 6.04 Å². The summed E-state index contributed by atoms with van der Waals surface area (Å²) in [6, 6.07) is 8.78. The normalized spacial score (nSPS) is 26.2. The number of hydrogen-bond donors (Lipinski definition) is 1. The van der Waals surface area contributed by atoms with Crippen molar-refractivity contribution in [3.63, 3.8) is 0 Å². The Morgan fingerprint density at radius 1 is 1.24 bits per heavy atom. The molecule has 112 valence electrons. The molecule has 2 aliphatic rings. The molecule has 3 rings (SSSR count). The molecule has 0 spiro atoms. The average molecular weight is 305 g/mol. The van der Waals surface area contributed by atoms with E-state index in [4.69, 9.17) is 5.26 Å². The Labute approximate surface area is 125 Å². The van der Waals surface area contributed by atoms with Gasteiger partial charge < -0.3 is 4.90 Å². The lowest BCUT2D eigenvalue weighted by molar-refractivity contribution is 0.176. The van der Waals surface area contributed by atoms with Gasteiger partial charge in [0.1, 0.15) is 6.07 Å². The first-order valence-electron chi connectivity index (χ1n) is 7.35. The minimum absolute atomic E-state index is 0.0268. The number of rotatable bonds is 3. The second-order valence-electron chi connectivity index (χ2n) is 5.78. The second kappa shape index (κ2) is 5.76. The van der Waals surface area contributed by atoms with Crippen LogP contribution in [-0.4, -0.2) is 38.5 Å². The number of sulfonamides is 1. The highest BCUT2D eigenvalue weighted by molar-refractivity contribution is 7.89. The van der Waals surface area contributed by atoms with Crippen LogP contribution in [0.25, 0.3) is 0 Å². The number of nitriles is 1. The fourth-order valence-electron chi connectivity index (χ4n) is 3.41. The van der Waals surface area contributed by atoms with Crippen molar-refractivity contribution in [2.45, 2.75) is 42.7 Å². The van der Waals surface area contributed by atoms with Gasteiger partial charge in [-0.25, -0.2) is 13.1 Å². The summed E-state index contributed by atoms with van der Waals surface area (Å²) in [6.07, 6.45) is 4.08. The van der Waals surface area contributed by atoms with E-state index >= 15 is 0 Å². The number of benzene rings is 1. The van der Waals surface area contributed by atoms with Crippen LogP contribution in [0.15, 0.2) is 29.2 Å². The molecular formula is C15H19N3O2S. The molecule has 2 atom stereocenters. The Morgan fingerprint density at radius 3 is 2.86 bits per heavy atom. The highest BCUT2D eigenvalue weighted by Gasteiger charge is 2.33. The van der Waals surface area contributed by atoms with E-state index in [2.05, 4.69) is 9.62 Å². The smallest absolute Gasteiger partial charge is 0.242 e. The van der Waals surface area contributed by atoms with Crippen molar-refractivity contribution in [2.75, 3.05) is 13.1 Å². The summed E-state index contributed by atoms with van der Waals surface area (Å²) in [7, 11) is -3.62. The van der Waals surface area contributed by atoms with Crippen molar-refractivity contribution < 1.29 is 8.42 Å². The van der Waals surface area contributed by atoms with Gasteiger partial charge in [0.05, 0.1) is 10.5 Å². The molecule has 0 amide bonds. The quantitative estimate of drug-likeness (QED) is 0.917. The van der Waals surface area contributed by atoms with E-state index in [1.165, 1.54) is 18.6 Å². The predicted molar refractivity (Wildman–Crippen MR) is 79.1 cm³/mol. The van der Waals surface area contributed by atoms with E-state index in [0.717, 1.165) is 32.4 Å². The monoisotopic (exact) mass is 305 g/mol. The van der Waals surface area contributed by atoms with Crippen LogP contribution in [0.4, 0.5) is 0 Å². The Hall–Kier alpha value is -1.42. The molecule has 2 unspecified atom stereocenters. The van der Waals surface area contributed by atoms with E-state index in [9.17, 15) is 8.42 Å². The number of hydrogen-bond acceptors (Lipinski definition) is 4. The Bertz CT molecular complexity index is 666. The highest BCUT2D eigenvalue weighted by Crippen LogP contribution is 2.27. The van der Waals surface area contributed by atoms with Crippen LogP contribution in [-0.2, 0) is 10.0 Å². The highest BCUT2D eigenvalue weighted by atomic mass is 32.2. The molecule has 5 nitrogen and oxygen atoms in total. The third-order valence-electron chi connectivity index (χ3n) is 4.44. The van der Waals surface area contributed by atoms with Gasteiger partial charge in [0, 0.05) is 12.1 Å². The Balaban J connectivity index is 1.76. The first-order valence-corrected chi connectivity index (χ1v) is 8.84. The SMILES string of the molecule is N#Cc1ccccc1S(=O)(=O)NC1CCN2CCCC2C1. The molecule has 0 saturated carbocycles. The molecule has 1 aromatic rings. The van der Waals surface area contributed by atoms with Crippen molar-refractivity contribution in [1.29, 1.82) is 5.26 Å². The van der Waals surface area contributed by atoms with Gasteiger partial charge in [-0.2, -0.15) is 5.26 Å². The molecule has 6 heteroatoms. The summed E-state index contributed by atoms with van der Waals surface area (Å²) in [5, 5.41) is 9.06. The lowest BCUT2D eigenvalue weighted by Gasteiger charge is -2.34. The maximum atomic E-state index is 12.5. The van der Waals surface area contributed by atoms with E-state index in [-0.39, 0.29) is 16.5 Å². The van der Waals surface area contributed by atoms with E-state index < -0.39 is 10.0 Å². The Morgan fingerprint density at radius 2 is 2.05 bits per heavy atom. The van der Waals surface area contributed by atoms with Crippen LogP contribution >= 0.6 is 0 Å². The standard InChI is InChI=1S/C15H19N3O2S/c16-11-12-4-1-2-6-15(12)21(19,20)17-13-7-9-18-8-3-5-14(18)10-13/h1-2,4,6,13-14,17H,3,5,7-10H2. The molecule has 2 fully saturated rings. The van der Waals surface area contributed by atoms with Gasteiger partial charge >= 0.3 is 0 Å². The molecule has 21 heavy (non-hydrogen) atoms. The topological polar surface area (TPSA) is 73.2 Å². The zero-order chi connectivity index (χ0) is 14.9. The summed E-state index contributed by atoms with van der Waals surface area (Å²) < 4.78 is 27.8. The third kappa shape index (κ3) is 2.95. The van der Waals surface area contributed by atoms with Crippen molar-refractivity contribution >= 4 is 10.0 Å². The van der Waals surface area contributed by atoms with E-state index in [1.54, 1.807) is 12.1 Å². The lowest BCUT2D eigenvalue weighted by atomic mass is 9.99. The second-order valence-corrected chi connectivity index (χ2v) is 7.46. The maximum absolute atomic E-state index is 12.5. The molecule has 0 aliphatic carbocycles. The van der Waals surface area contributed by atoms with Crippen LogP contribution in [0.1, 0.15) is 31.2 Å². The van der Waals surface area contributed by atoms with Crippen molar-refractivity contribution in [3.05, 3.63) is 29.8 Å². The molecule has 2 heterocycles. The molecule has 1 N–H and O–H groups in total. The number of nitrogens with one attached hydrogen (secondary N) is 1. The van der Waals surface area contributed by atoms with Crippen molar-refractivity contribution in [3.8, 4) is 6.07 Å². The zero-order valence-electron chi connectivity index (χ0n) is 11.8. The van der Waals surface area contributed by atoms with Gasteiger partial charge in [0.2, 0.25) is 10.0 Å². The molecule has 0 bridgehead atoms. The Kier molecular flexibility index (Phi) is 3.98. The minimum Gasteiger partial charge on any atom is -0.300 e. The first-order chi connectivity index (χ1) is 10.1. The summed E-state index contributed by atoms with van der Waals surface area (Å²) in [5.41, 5.74) is 0.198. The summed E-state index contributed by atoms with van der Waals surface area (Å²) in [5.74, 6) is 0. The van der Waals surface area contributed by atoms with E-state index in [1.807, 2.05) is 6.07 Å². The van der Waals surface area contributed by atoms with Gasteiger partial charge in [0.15, 0.2) is 0 Å². The molecule has 0 radical (unpaired) electrons. The fraction of sp³-hybridized carbons (Fsp3) is 0.533. The molecule has 2 aliphatic heterocycles. The molecule has 0 aromatic heterocycles. The average Bonchev–Trinajstić information content (AvgIpc) is 2.94. The van der Waals surface area contributed by atoms with Crippen LogP contribution in [0.2, 0.25) is 0 Å². The van der Waals surface area contributed by atoms with Gasteiger partial charge in [-0.3, -0.25) is 0 Å². The third-order valence-corrected chi connectivity index (χ3v) is 6.02. The summed E-state index contributed by atoms with van der Waals surface area (Å²) in [4.78, 5) is 2.54. The largest absolute Gasteiger partial charge is 0.300 e. The first kappa shape index (κ1) is 14.5. The minimum atomic E-state index is -3.62. The number of piperidine rings is 1. The molecule has 1 aromatic carbocycles. The molecule has 2 saturated heterocycles. The fourth-order valence-corrected chi connectivity index (χ4v) is 4.85. The predicted octanol–water partition coefficient (Wildman–Crippen LogP) is 1.46. The zero-order valence-corrected chi connectivity index (χ0v) is 12.6. The van der Waals surface area contributed by atoms with Crippen LogP contribution < -0.4 is 4.72 Å². The number of fused-ring (bicyclic) bond motifs is 1. The summed E-state index contributed by atoms with van der Waals surface area (Å²) in [6.45, 7) is 2.10.